The Kier molecular flexibility index (Phi) is 5.27. The highest BCUT2D eigenvalue weighted by Gasteiger charge is 2.22. The lowest BCUT2D eigenvalue weighted by atomic mass is 10.2. The largest absolute Gasteiger partial charge is 0.497 e. The van der Waals surface area contributed by atoms with Gasteiger partial charge in [-0.05, 0) is 31.9 Å². The van der Waals surface area contributed by atoms with E-state index in [9.17, 15) is 4.79 Å². The summed E-state index contributed by atoms with van der Waals surface area (Å²) in [5.41, 5.74) is 0. The lowest BCUT2D eigenvalue weighted by Gasteiger charge is -2.24. The normalized spacial score (nSPS) is 17.2. The van der Waals surface area contributed by atoms with Crippen LogP contribution in [0.1, 0.15) is 32.6 Å². The fourth-order valence-corrected chi connectivity index (χ4v) is 2.48. The van der Waals surface area contributed by atoms with E-state index in [2.05, 4.69) is 0 Å². The molecule has 0 bridgehead atoms. The number of hydrogen-bond acceptors (Lipinski definition) is 3. The average Bonchev–Trinajstić information content (AvgIpc) is 2.75. The first-order valence-corrected chi connectivity index (χ1v) is 7.30. The molecule has 0 aliphatic carbocycles. The molecule has 1 aromatic carbocycles. The molecule has 1 atom stereocenters. The molecule has 4 nitrogen and oxygen atoms in total. The van der Waals surface area contributed by atoms with Crippen molar-refractivity contribution >= 4 is 5.91 Å². The Morgan fingerprint density at radius 3 is 2.45 bits per heavy atom. The van der Waals surface area contributed by atoms with Crippen molar-refractivity contribution < 1.29 is 14.3 Å². The van der Waals surface area contributed by atoms with E-state index < -0.39 is 6.10 Å². The molecule has 1 fully saturated rings. The van der Waals surface area contributed by atoms with Gasteiger partial charge in [0.1, 0.15) is 11.5 Å². The summed E-state index contributed by atoms with van der Waals surface area (Å²) in [5, 5.41) is 0. The van der Waals surface area contributed by atoms with Crippen LogP contribution in [0, 0.1) is 0 Å². The summed E-state index contributed by atoms with van der Waals surface area (Å²) in [7, 11) is 1.62. The minimum atomic E-state index is -0.458. The van der Waals surface area contributed by atoms with Crippen molar-refractivity contribution in [2.45, 2.75) is 38.7 Å². The summed E-state index contributed by atoms with van der Waals surface area (Å²) in [6.07, 6.45) is 4.17. The first-order valence-electron chi connectivity index (χ1n) is 7.30. The number of nitrogens with zero attached hydrogens (tertiary/aromatic N) is 1. The standard InChI is InChI=1S/C16H23NO3/c1-13(16(18)17-10-5-3-4-6-11-17)20-15-9-7-8-14(12-15)19-2/h7-9,12-13H,3-6,10-11H2,1-2H3/t13-/m1/s1. The van der Waals surface area contributed by atoms with Gasteiger partial charge in [-0.25, -0.2) is 0 Å². The number of benzene rings is 1. The number of likely N-dealkylation sites (tertiary alicyclic amines) is 1. The van der Waals surface area contributed by atoms with Crippen LogP contribution in [0.15, 0.2) is 24.3 Å². The van der Waals surface area contributed by atoms with Crippen LogP contribution in [-0.2, 0) is 4.79 Å². The van der Waals surface area contributed by atoms with Crippen LogP contribution in [0.2, 0.25) is 0 Å². The van der Waals surface area contributed by atoms with E-state index in [0.717, 1.165) is 31.7 Å². The Hall–Kier alpha value is -1.71. The third-order valence-corrected chi connectivity index (χ3v) is 3.62. The maximum absolute atomic E-state index is 12.4. The molecule has 1 amide bonds. The zero-order chi connectivity index (χ0) is 14.4. The molecule has 1 aliphatic heterocycles. The fourth-order valence-electron chi connectivity index (χ4n) is 2.48. The Morgan fingerprint density at radius 2 is 1.80 bits per heavy atom. The maximum atomic E-state index is 12.4. The molecule has 0 saturated carbocycles. The van der Waals surface area contributed by atoms with E-state index in [0.29, 0.717) is 5.75 Å². The Labute approximate surface area is 120 Å². The van der Waals surface area contributed by atoms with Gasteiger partial charge in [0.25, 0.3) is 5.91 Å². The second-order valence-electron chi connectivity index (χ2n) is 5.18. The quantitative estimate of drug-likeness (QED) is 0.849. The lowest BCUT2D eigenvalue weighted by molar-refractivity contribution is -0.137. The van der Waals surface area contributed by atoms with Crippen molar-refractivity contribution in [1.82, 2.24) is 4.90 Å². The molecular weight excluding hydrogens is 254 g/mol. The van der Waals surface area contributed by atoms with E-state index in [1.807, 2.05) is 30.0 Å². The third-order valence-electron chi connectivity index (χ3n) is 3.62. The van der Waals surface area contributed by atoms with E-state index in [1.165, 1.54) is 12.8 Å². The smallest absolute Gasteiger partial charge is 0.263 e. The van der Waals surface area contributed by atoms with Crippen molar-refractivity contribution in [3.8, 4) is 11.5 Å². The van der Waals surface area contributed by atoms with Crippen LogP contribution in [0.5, 0.6) is 11.5 Å². The molecular formula is C16H23NO3. The fraction of sp³-hybridized carbons (Fsp3) is 0.562. The number of rotatable bonds is 4. The van der Waals surface area contributed by atoms with Gasteiger partial charge in [-0.15, -0.1) is 0 Å². The van der Waals surface area contributed by atoms with Gasteiger partial charge < -0.3 is 14.4 Å². The van der Waals surface area contributed by atoms with Crippen molar-refractivity contribution in [3.05, 3.63) is 24.3 Å². The molecule has 4 heteroatoms. The van der Waals surface area contributed by atoms with Gasteiger partial charge in [0.2, 0.25) is 0 Å². The van der Waals surface area contributed by atoms with Gasteiger partial charge in [-0.3, -0.25) is 4.79 Å². The van der Waals surface area contributed by atoms with Gasteiger partial charge in [0.05, 0.1) is 7.11 Å². The van der Waals surface area contributed by atoms with E-state index >= 15 is 0 Å². The molecule has 0 aromatic heterocycles. The predicted octanol–water partition coefficient (Wildman–Crippen LogP) is 2.87. The molecule has 2 rings (SSSR count). The molecule has 20 heavy (non-hydrogen) atoms. The van der Waals surface area contributed by atoms with Crippen LogP contribution in [-0.4, -0.2) is 37.1 Å². The Morgan fingerprint density at radius 1 is 1.15 bits per heavy atom. The van der Waals surface area contributed by atoms with Crippen molar-refractivity contribution in [1.29, 1.82) is 0 Å². The van der Waals surface area contributed by atoms with Gasteiger partial charge in [0.15, 0.2) is 6.10 Å². The van der Waals surface area contributed by atoms with Crippen molar-refractivity contribution in [2.24, 2.45) is 0 Å². The van der Waals surface area contributed by atoms with Crippen molar-refractivity contribution in [2.75, 3.05) is 20.2 Å². The minimum absolute atomic E-state index is 0.0784. The zero-order valence-electron chi connectivity index (χ0n) is 12.3. The predicted molar refractivity (Wildman–Crippen MR) is 78.1 cm³/mol. The summed E-state index contributed by atoms with van der Waals surface area (Å²) in [6.45, 7) is 3.52. The van der Waals surface area contributed by atoms with Gasteiger partial charge in [0, 0.05) is 19.2 Å². The number of carbonyl (C=O) groups excluding carboxylic acids is 1. The second kappa shape index (κ2) is 7.17. The lowest BCUT2D eigenvalue weighted by Crippen LogP contribution is -2.40. The Bertz CT molecular complexity index is 439. The van der Waals surface area contributed by atoms with Gasteiger partial charge in [-0.1, -0.05) is 18.9 Å². The van der Waals surface area contributed by atoms with Crippen LogP contribution in [0.25, 0.3) is 0 Å². The van der Waals surface area contributed by atoms with Crippen LogP contribution in [0.4, 0.5) is 0 Å². The monoisotopic (exact) mass is 277 g/mol. The first-order chi connectivity index (χ1) is 9.70. The third kappa shape index (κ3) is 3.89. The van der Waals surface area contributed by atoms with Crippen LogP contribution < -0.4 is 9.47 Å². The summed E-state index contributed by atoms with van der Waals surface area (Å²) in [4.78, 5) is 14.3. The first kappa shape index (κ1) is 14.7. The van der Waals surface area contributed by atoms with E-state index in [1.54, 1.807) is 13.2 Å². The summed E-state index contributed by atoms with van der Waals surface area (Å²) >= 11 is 0. The highest BCUT2D eigenvalue weighted by Crippen LogP contribution is 2.21. The van der Waals surface area contributed by atoms with Crippen LogP contribution in [0.3, 0.4) is 0 Å². The van der Waals surface area contributed by atoms with Gasteiger partial charge in [-0.2, -0.15) is 0 Å². The minimum Gasteiger partial charge on any atom is -0.497 e. The number of hydrogen-bond donors (Lipinski definition) is 0. The molecule has 0 radical (unpaired) electrons. The topological polar surface area (TPSA) is 38.8 Å². The molecule has 0 spiro atoms. The molecule has 0 N–H and O–H groups in total. The molecule has 0 unspecified atom stereocenters. The molecule has 1 aromatic rings. The summed E-state index contributed by atoms with van der Waals surface area (Å²) in [6, 6.07) is 7.35. The number of methoxy groups -OCH3 is 1. The van der Waals surface area contributed by atoms with E-state index in [4.69, 9.17) is 9.47 Å². The molecule has 1 heterocycles. The second-order valence-corrected chi connectivity index (χ2v) is 5.18. The average molecular weight is 277 g/mol. The van der Waals surface area contributed by atoms with E-state index in [-0.39, 0.29) is 5.91 Å². The molecule has 1 aliphatic rings. The SMILES string of the molecule is COc1cccc(O[C@H](C)C(=O)N2CCCCCC2)c1. The summed E-state index contributed by atoms with van der Waals surface area (Å²) < 4.78 is 10.9. The van der Waals surface area contributed by atoms with Gasteiger partial charge >= 0.3 is 0 Å². The Balaban J connectivity index is 1.95. The molecule has 1 saturated heterocycles. The highest BCUT2D eigenvalue weighted by atomic mass is 16.5. The number of carbonyl (C=O) groups is 1. The maximum Gasteiger partial charge on any atom is 0.263 e. The zero-order valence-corrected chi connectivity index (χ0v) is 12.3. The number of ether oxygens (including phenoxy) is 2. The summed E-state index contributed by atoms with van der Waals surface area (Å²) in [5.74, 6) is 1.48. The molecule has 110 valence electrons. The van der Waals surface area contributed by atoms with Crippen molar-refractivity contribution in [3.63, 3.8) is 0 Å². The number of amides is 1. The van der Waals surface area contributed by atoms with Crippen LogP contribution >= 0.6 is 0 Å². The highest BCUT2D eigenvalue weighted by molar-refractivity contribution is 5.80.